The van der Waals surface area contributed by atoms with E-state index in [0.717, 1.165) is 19.4 Å². The summed E-state index contributed by atoms with van der Waals surface area (Å²) in [6.45, 7) is 1.34. The first-order valence-corrected chi connectivity index (χ1v) is 6.89. The normalized spacial score (nSPS) is 18.0. The number of nitrogens with zero attached hydrogens (tertiary/aromatic N) is 2. The lowest BCUT2D eigenvalue weighted by atomic mass is 10.1. The fourth-order valence-electron chi connectivity index (χ4n) is 2.37. The smallest absolute Gasteiger partial charge is 0.292 e. The van der Waals surface area contributed by atoms with Crippen molar-refractivity contribution in [3.8, 4) is 0 Å². The molecule has 0 aromatic heterocycles. The van der Waals surface area contributed by atoms with Crippen LogP contribution < -0.4 is 10.2 Å². The van der Waals surface area contributed by atoms with Crippen molar-refractivity contribution in [1.82, 2.24) is 5.32 Å². The Morgan fingerprint density at radius 2 is 2.29 bits per heavy atom. The summed E-state index contributed by atoms with van der Waals surface area (Å²) in [6, 6.07) is 6.42. The number of nitrogens with one attached hydrogen (secondary N) is 1. The van der Waals surface area contributed by atoms with Gasteiger partial charge >= 0.3 is 0 Å². The standard InChI is InChI=1S/C14H19N3O4/c1-16(12-6-2-3-7-13(12)17(19)20)9-14(18)15-11-5-4-8-21-10-11/h2-3,6-7,11H,4-5,8-10H2,1H3,(H,15,18)/t11-/m1/s1. The third-order valence-electron chi connectivity index (χ3n) is 3.40. The summed E-state index contributed by atoms with van der Waals surface area (Å²) in [7, 11) is 1.67. The van der Waals surface area contributed by atoms with Crippen molar-refractivity contribution in [1.29, 1.82) is 0 Å². The van der Waals surface area contributed by atoms with Crippen molar-refractivity contribution in [2.45, 2.75) is 18.9 Å². The van der Waals surface area contributed by atoms with Gasteiger partial charge in [0.25, 0.3) is 5.69 Å². The Balaban J connectivity index is 1.95. The minimum atomic E-state index is -0.446. The van der Waals surface area contributed by atoms with Crippen LogP contribution in [0, 0.1) is 10.1 Å². The van der Waals surface area contributed by atoms with Crippen LogP contribution in [0.25, 0.3) is 0 Å². The third-order valence-corrected chi connectivity index (χ3v) is 3.40. The lowest BCUT2D eigenvalue weighted by Gasteiger charge is -2.25. The summed E-state index contributed by atoms with van der Waals surface area (Å²) in [5.74, 6) is -0.161. The van der Waals surface area contributed by atoms with Gasteiger partial charge in [0, 0.05) is 19.7 Å². The Bertz CT molecular complexity index is 515. The van der Waals surface area contributed by atoms with E-state index < -0.39 is 4.92 Å². The predicted molar refractivity (Wildman–Crippen MR) is 78.4 cm³/mol. The summed E-state index contributed by atoms with van der Waals surface area (Å²) in [6.07, 6.45) is 1.84. The van der Waals surface area contributed by atoms with Crippen molar-refractivity contribution in [3.05, 3.63) is 34.4 Å². The van der Waals surface area contributed by atoms with Crippen molar-refractivity contribution in [2.24, 2.45) is 0 Å². The number of nitro benzene ring substituents is 1. The molecule has 1 atom stereocenters. The first-order chi connectivity index (χ1) is 10.1. The molecule has 0 unspecified atom stereocenters. The third kappa shape index (κ3) is 4.16. The van der Waals surface area contributed by atoms with Gasteiger partial charge in [-0.2, -0.15) is 0 Å². The van der Waals surface area contributed by atoms with Crippen molar-refractivity contribution in [2.75, 3.05) is 31.7 Å². The number of rotatable bonds is 5. The molecule has 1 amide bonds. The minimum absolute atomic E-state index is 0.00574. The molecule has 0 saturated carbocycles. The predicted octanol–water partition coefficient (Wildman–Crippen LogP) is 1.33. The fourth-order valence-corrected chi connectivity index (χ4v) is 2.37. The maximum Gasteiger partial charge on any atom is 0.292 e. The van der Waals surface area contributed by atoms with Gasteiger partial charge in [-0.25, -0.2) is 0 Å². The Hall–Kier alpha value is -2.15. The van der Waals surface area contributed by atoms with E-state index in [2.05, 4.69) is 5.32 Å². The highest BCUT2D eigenvalue weighted by atomic mass is 16.6. The zero-order chi connectivity index (χ0) is 15.2. The molecule has 0 bridgehead atoms. The molecule has 1 saturated heterocycles. The number of hydrogen-bond acceptors (Lipinski definition) is 5. The molecule has 114 valence electrons. The first-order valence-electron chi connectivity index (χ1n) is 6.89. The molecule has 1 heterocycles. The summed E-state index contributed by atoms with van der Waals surface area (Å²) < 4.78 is 5.31. The summed E-state index contributed by atoms with van der Waals surface area (Å²) in [4.78, 5) is 24.1. The second kappa shape index (κ2) is 7.03. The molecule has 1 fully saturated rings. The van der Waals surface area contributed by atoms with Gasteiger partial charge in [0.05, 0.1) is 24.1 Å². The summed E-state index contributed by atoms with van der Waals surface area (Å²) >= 11 is 0. The van der Waals surface area contributed by atoms with Crippen LogP contribution in [0.2, 0.25) is 0 Å². The van der Waals surface area contributed by atoms with Gasteiger partial charge in [0.1, 0.15) is 5.69 Å². The van der Waals surface area contributed by atoms with Crippen molar-refractivity contribution < 1.29 is 14.5 Å². The molecule has 1 aromatic carbocycles. The van der Waals surface area contributed by atoms with Crippen LogP contribution >= 0.6 is 0 Å². The number of nitro groups is 1. The zero-order valence-corrected chi connectivity index (χ0v) is 11.9. The van der Waals surface area contributed by atoms with Crippen LogP contribution in [-0.4, -0.2) is 43.7 Å². The second-order valence-corrected chi connectivity index (χ2v) is 5.08. The fraction of sp³-hybridized carbons (Fsp3) is 0.500. The molecule has 7 nitrogen and oxygen atoms in total. The van der Waals surface area contributed by atoms with E-state index in [1.165, 1.54) is 6.07 Å². The minimum Gasteiger partial charge on any atom is -0.379 e. The molecule has 21 heavy (non-hydrogen) atoms. The van der Waals surface area contributed by atoms with Crippen LogP contribution in [0.15, 0.2) is 24.3 Å². The molecule has 1 N–H and O–H groups in total. The largest absolute Gasteiger partial charge is 0.379 e. The first kappa shape index (κ1) is 15.2. The van der Waals surface area contributed by atoms with Gasteiger partial charge in [-0.3, -0.25) is 14.9 Å². The molecule has 0 spiro atoms. The number of para-hydroxylation sites is 2. The maximum atomic E-state index is 12.0. The Labute approximate surface area is 123 Å². The lowest BCUT2D eigenvalue weighted by Crippen LogP contribution is -2.44. The highest BCUT2D eigenvalue weighted by molar-refractivity contribution is 5.82. The van der Waals surface area contributed by atoms with E-state index in [4.69, 9.17) is 4.74 Å². The number of likely N-dealkylation sites (N-methyl/N-ethyl adjacent to an activating group) is 1. The van der Waals surface area contributed by atoms with E-state index in [9.17, 15) is 14.9 Å². The Morgan fingerprint density at radius 1 is 1.52 bits per heavy atom. The van der Waals surface area contributed by atoms with E-state index in [1.807, 2.05) is 0 Å². The number of carbonyl (C=O) groups is 1. The summed E-state index contributed by atoms with van der Waals surface area (Å²) in [5.41, 5.74) is 0.423. The van der Waals surface area contributed by atoms with E-state index in [0.29, 0.717) is 12.3 Å². The highest BCUT2D eigenvalue weighted by Gasteiger charge is 2.20. The van der Waals surface area contributed by atoms with Gasteiger partial charge in [-0.1, -0.05) is 12.1 Å². The number of anilines is 1. The average Bonchev–Trinajstić information content (AvgIpc) is 2.48. The van der Waals surface area contributed by atoms with Gasteiger partial charge in [0.15, 0.2) is 0 Å². The maximum absolute atomic E-state index is 12.0. The molecule has 2 rings (SSSR count). The summed E-state index contributed by atoms with van der Waals surface area (Å²) in [5, 5.41) is 13.9. The Morgan fingerprint density at radius 3 is 2.95 bits per heavy atom. The van der Waals surface area contributed by atoms with Crippen LogP contribution in [-0.2, 0) is 9.53 Å². The van der Waals surface area contributed by atoms with E-state index in [1.54, 1.807) is 30.1 Å². The van der Waals surface area contributed by atoms with Crippen molar-refractivity contribution >= 4 is 17.3 Å². The quantitative estimate of drug-likeness (QED) is 0.654. The van der Waals surface area contributed by atoms with Gasteiger partial charge in [-0.05, 0) is 18.9 Å². The van der Waals surface area contributed by atoms with E-state index >= 15 is 0 Å². The van der Waals surface area contributed by atoms with Gasteiger partial charge < -0.3 is 15.0 Å². The zero-order valence-electron chi connectivity index (χ0n) is 11.9. The molecule has 1 aliphatic heterocycles. The number of benzene rings is 1. The average molecular weight is 293 g/mol. The SMILES string of the molecule is CN(CC(=O)N[C@@H]1CCCOC1)c1ccccc1[N+](=O)[O-]. The van der Waals surface area contributed by atoms with Crippen molar-refractivity contribution in [3.63, 3.8) is 0 Å². The molecular weight excluding hydrogens is 274 g/mol. The lowest BCUT2D eigenvalue weighted by molar-refractivity contribution is -0.384. The number of amides is 1. The molecular formula is C14H19N3O4. The number of hydrogen-bond donors (Lipinski definition) is 1. The number of carbonyl (C=O) groups excluding carboxylic acids is 1. The highest BCUT2D eigenvalue weighted by Crippen LogP contribution is 2.26. The molecule has 1 aliphatic rings. The van der Waals surface area contributed by atoms with Crippen LogP contribution in [0.4, 0.5) is 11.4 Å². The monoisotopic (exact) mass is 293 g/mol. The molecule has 0 aliphatic carbocycles. The van der Waals surface area contributed by atoms with Gasteiger partial charge in [0.2, 0.25) is 5.91 Å². The van der Waals surface area contributed by atoms with E-state index in [-0.39, 0.29) is 24.2 Å². The molecule has 0 radical (unpaired) electrons. The van der Waals surface area contributed by atoms with Crippen LogP contribution in [0.3, 0.4) is 0 Å². The molecule has 1 aromatic rings. The second-order valence-electron chi connectivity index (χ2n) is 5.08. The molecule has 7 heteroatoms. The van der Waals surface area contributed by atoms with Gasteiger partial charge in [-0.15, -0.1) is 0 Å². The topological polar surface area (TPSA) is 84.7 Å². The number of ether oxygens (including phenoxy) is 1. The van der Waals surface area contributed by atoms with Crippen LogP contribution in [0.5, 0.6) is 0 Å². The van der Waals surface area contributed by atoms with Crippen LogP contribution in [0.1, 0.15) is 12.8 Å². The Kier molecular flexibility index (Phi) is 5.10.